The molecule has 1 unspecified atom stereocenters. The molecule has 0 aliphatic heterocycles. The average molecular weight is 378 g/mol. The Labute approximate surface area is 160 Å². The van der Waals surface area contributed by atoms with Crippen LogP contribution in [0.25, 0.3) is 11.0 Å². The van der Waals surface area contributed by atoms with Crippen molar-refractivity contribution in [2.45, 2.75) is 25.7 Å². The van der Waals surface area contributed by atoms with E-state index in [1.165, 1.54) is 11.3 Å². The molecule has 0 saturated heterocycles. The number of carbonyl (C=O) groups excluding carboxylic acids is 2. The van der Waals surface area contributed by atoms with E-state index in [0.29, 0.717) is 15.7 Å². The van der Waals surface area contributed by atoms with Gasteiger partial charge in [0.25, 0.3) is 0 Å². The monoisotopic (exact) mass is 378 g/mol. The number of hydrogen-bond donors (Lipinski definition) is 1. The Balaban J connectivity index is 1.65. The van der Waals surface area contributed by atoms with Gasteiger partial charge in [-0.1, -0.05) is 12.1 Å². The maximum Gasteiger partial charge on any atom is 0.228 e. The van der Waals surface area contributed by atoms with Crippen molar-refractivity contribution in [3.8, 4) is 6.07 Å². The first kappa shape index (κ1) is 17.4. The van der Waals surface area contributed by atoms with Crippen molar-refractivity contribution >= 4 is 39.1 Å². The first-order valence-corrected chi connectivity index (χ1v) is 9.57. The van der Waals surface area contributed by atoms with E-state index in [1.54, 1.807) is 10.6 Å². The first-order valence-electron chi connectivity index (χ1n) is 8.76. The minimum atomic E-state index is -0.994. The number of aromatic nitrogens is 2. The van der Waals surface area contributed by atoms with Gasteiger partial charge in [0.2, 0.25) is 5.91 Å². The molecule has 1 amide bonds. The van der Waals surface area contributed by atoms with Gasteiger partial charge in [0.1, 0.15) is 5.82 Å². The van der Waals surface area contributed by atoms with Crippen LogP contribution in [-0.2, 0) is 11.8 Å². The number of nitrogens with one attached hydrogen (secondary N) is 1. The molecule has 3 aromatic rings. The number of benzene rings is 1. The predicted octanol–water partition coefficient (Wildman–Crippen LogP) is 3.78. The van der Waals surface area contributed by atoms with E-state index in [2.05, 4.69) is 16.4 Å². The number of ketones is 1. The number of para-hydroxylation sites is 2. The summed E-state index contributed by atoms with van der Waals surface area (Å²) in [6.45, 7) is 1.82. The number of anilines is 1. The number of fused-ring (bicyclic) bond motifs is 1. The second kappa shape index (κ2) is 6.63. The van der Waals surface area contributed by atoms with E-state index in [4.69, 9.17) is 0 Å². The van der Waals surface area contributed by atoms with Gasteiger partial charge in [0.05, 0.1) is 27.0 Å². The Morgan fingerprint density at radius 3 is 2.78 bits per heavy atom. The molecule has 27 heavy (non-hydrogen) atoms. The topological polar surface area (TPSA) is 87.8 Å². The van der Waals surface area contributed by atoms with Crippen LogP contribution in [0.5, 0.6) is 0 Å². The molecule has 1 aliphatic rings. The fourth-order valence-corrected chi connectivity index (χ4v) is 4.19. The zero-order valence-electron chi connectivity index (χ0n) is 15.0. The summed E-state index contributed by atoms with van der Waals surface area (Å²) in [6, 6.07) is 11.4. The van der Waals surface area contributed by atoms with E-state index in [-0.39, 0.29) is 17.6 Å². The first-order chi connectivity index (χ1) is 13.0. The van der Waals surface area contributed by atoms with Crippen LogP contribution >= 0.6 is 11.3 Å². The van der Waals surface area contributed by atoms with Gasteiger partial charge >= 0.3 is 0 Å². The molecule has 0 spiro atoms. The standard InChI is InChI=1S/C20H18N4O2S/c1-11-9-16(23-20(26)12-7-8-12)27-18(11)17(25)13(10-21)19-22-14-5-3-4-6-15(14)24(19)2/h3-6,9,12-13H,7-8H2,1-2H3,(H,23,26). The fraction of sp³-hybridized carbons (Fsp3) is 0.300. The normalized spacial score (nSPS) is 14.7. The summed E-state index contributed by atoms with van der Waals surface area (Å²) >= 11 is 1.22. The molecule has 1 N–H and O–H groups in total. The van der Waals surface area contributed by atoms with Crippen molar-refractivity contribution in [2.24, 2.45) is 13.0 Å². The van der Waals surface area contributed by atoms with Crippen molar-refractivity contribution in [3.63, 3.8) is 0 Å². The van der Waals surface area contributed by atoms with Gasteiger partial charge in [-0.25, -0.2) is 4.98 Å². The van der Waals surface area contributed by atoms with Crippen LogP contribution in [0.15, 0.2) is 30.3 Å². The van der Waals surface area contributed by atoms with Crippen molar-refractivity contribution in [2.75, 3.05) is 5.32 Å². The largest absolute Gasteiger partial charge is 0.330 e. The lowest BCUT2D eigenvalue weighted by Gasteiger charge is -2.08. The molecule has 1 fully saturated rings. The van der Waals surface area contributed by atoms with E-state index >= 15 is 0 Å². The molecule has 4 rings (SSSR count). The number of Topliss-reactive ketones (excluding diaryl/α,β-unsaturated/α-hetero) is 1. The van der Waals surface area contributed by atoms with Crippen molar-refractivity contribution in [1.82, 2.24) is 9.55 Å². The average Bonchev–Trinajstić information content (AvgIpc) is 3.38. The minimum Gasteiger partial charge on any atom is -0.330 e. The second-order valence-electron chi connectivity index (χ2n) is 6.83. The summed E-state index contributed by atoms with van der Waals surface area (Å²) in [5.41, 5.74) is 2.39. The van der Waals surface area contributed by atoms with E-state index in [1.807, 2.05) is 38.2 Å². The van der Waals surface area contributed by atoms with Crippen LogP contribution in [-0.4, -0.2) is 21.2 Å². The van der Waals surface area contributed by atoms with Gasteiger partial charge < -0.3 is 9.88 Å². The number of rotatable bonds is 5. The summed E-state index contributed by atoms with van der Waals surface area (Å²) < 4.78 is 1.79. The second-order valence-corrected chi connectivity index (χ2v) is 7.88. The van der Waals surface area contributed by atoms with Crippen LogP contribution in [0, 0.1) is 24.2 Å². The molecule has 0 radical (unpaired) electrons. The molecule has 7 heteroatoms. The molecular formula is C20H18N4O2S. The maximum absolute atomic E-state index is 13.1. The molecule has 0 bridgehead atoms. The number of aryl methyl sites for hydroxylation is 2. The summed E-state index contributed by atoms with van der Waals surface area (Å²) in [5, 5.41) is 13.2. The third kappa shape index (κ3) is 3.13. The Bertz CT molecular complexity index is 1100. The van der Waals surface area contributed by atoms with Gasteiger partial charge in [-0.05, 0) is 43.5 Å². The zero-order valence-corrected chi connectivity index (χ0v) is 15.8. The zero-order chi connectivity index (χ0) is 19.1. The third-order valence-electron chi connectivity index (χ3n) is 4.81. The highest BCUT2D eigenvalue weighted by Gasteiger charge is 2.32. The quantitative estimate of drug-likeness (QED) is 0.684. The SMILES string of the molecule is Cc1cc(NC(=O)C2CC2)sc1C(=O)C(C#N)c1nc2ccccc2n1C. The lowest BCUT2D eigenvalue weighted by Crippen LogP contribution is -2.15. The lowest BCUT2D eigenvalue weighted by atomic mass is 10.0. The van der Waals surface area contributed by atoms with Crippen LogP contribution in [0.2, 0.25) is 0 Å². The van der Waals surface area contributed by atoms with Crippen LogP contribution in [0.4, 0.5) is 5.00 Å². The molecule has 6 nitrogen and oxygen atoms in total. The Morgan fingerprint density at radius 1 is 1.37 bits per heavy atom. The number of thiophene rings is 1. The van der Waals surface area contributed by atoms with Gasteiger partial charge in [-0.15, -0.1) is 11.3 Å². The van der Waals surface area contributed by atoms with Gasteiger partial charge in [-0.2, -0.15) is 5.26 Å². The lowest BCUT2D eigenvalue weighted by molar-refractivity contribution is -0.117. The van der Waals surface area contributed by atoms with Crippen LogP contribution < -0.4 is 5.32 Å². The molecule has 1 aromatic carbocycles. The predicted molar refractivity (Wildman–Crippen MR) is 104 cm³/mol. The van der Waals surface area contributed by atoms with Gasteiger partial charge in [0.15, 0.2) is 11.7 Å². The molecule has 1 aliphatic carbocycles. The maximum atomic E-state index is 13.1. The summed E-state index contributed by atoms with van der Waals surface area (Å²) in [6.07, 6.45) is 1.84. The number of nitriles is 1. The minimum absolute atomic E-state index is 0.00225. The van der Waals surface area contributed by atoms with Gasteiger partial charge in [-0.3, -0.25) is 9.59 Å². The highest BCUT2D eigenvalue weighted by Crippen LogP contribution is 2.34. The number of nitrogens with zero attached hydrogens (tertiary/aromatic N) is 3. The Kier molecular flexibility index (Phi) is 4.28. The number of imidazole rings is 1. The molecule has 1 saturated carbocycles. The molecule has 2 aromatic heterocycles. The van der Waals surface area contributed by atoms with Crippen molar-refractivity contribution in [3.05, 3.63) is 46.6 Å². The van der Waals surface area contributed by atoms with E-state index in [9.17, 15) is 14.9 Å². The van der Waals surface area contributed by atoms with Gasteiger partial charge in [0, 0.05) is 13.0 Å². The number of amides is 1. The fourth-order valence-electron chi connectivity index (χ4n) is 3.14. The molecule has 136 valence electrons. The summed E-state index contributed by atoms with van der Waals surface area (Å²) in [4.78, 5) is 30.0. The van der Waals surface area contributed by atoms with E-state index < -0.39 is 5.92 Å². The summed E-state index contributed by atoms with van der Waals surface area (Å²) in [7, 11) is 1.81. The third-order valence-corrected chi connectivity index (χ3v) is 5.97. The van der Waals surface area contributed by atoms with Crippen molar-refractivity contribution in [1.29, 1.82) is 5.26 Å². The smallest absolute Gasteiger partial charge is 0.228 e. The molecule has 1 atom stereocenters. The Hall–Kier alpha value is -2.98. The molecular weight excluding hydrogens is 360 g/mol. The Morgan fingerprint density at radius 2 is 2.11 bits per heavy atom. The van der Waals surface area contributed by atoms with Crippen LogP contribution in [0.3, 0.4) is 0 Å². The van der Waals surface area contributed by atoms with Crippen LogP contribution in [0.1, 0.15) is 39.8 Å². The van der Waals surface area contributed by atoms with E-state index in [0.717, 1.165) is 29.4 Å². The molecule has 2 heterocycles. The summed E-state index contributed by atoms with van der Waals surface area (Å²) in [5.74, 6) is -0.752. The highest BCUT2D eigenvalue weighted by molar-refractivity contribution is 7.18. The van der Waals surface area contributed by atoms with Crippen molar-refractivity contribution < 1.29 is 9.59 Å². The number of carbonyl (C=O) groups is 2. The highest BCUT2D eigenvalue weighted by atomic mass is 32.1. The number of hydrogen-bond acceptors (Lipinski definition) is 5.